The standard InChI is InChI=1S/C49H39N3S/c1-4-5-7-14-31(2)36(48-40-28-27-38-37-17-11-13-20-44(37)53-49(38)45(40)39-18-10-12-19-43(39)52-48)26-21-32(3)41-29-24-34-22-23-35-25-30-42(33-15-8-6-9-16-33)51-47(35)46(34)50-41/h4-5,7-8,10-30,32H,6,9H2,1-3H3/b5-4-,14-7-,26-21-,36-31-. The number of benzene rings is 4. The zero-order chi connectivity index (χ0) is 35.9. The van der Waals surface area contributed by atoms with Crippen molar-refractivity contribution in [1.82, 2.24) is 15.0 Å². The summed E-state index contributed by atoms with van der Waals surface area (Å²) >= 11 is 1.87. The third-order valence-electron chi connectivity index (χ3n) is 10.4. The van der Waals surface area contributed by atoms with Gasteiger partial charge in [-0.3, -0.25) is 0 Å². The van der Waals surface area contributed by atoms with Crippen LogP contribution in [0.1, 0.15) is 56.6 Å². The van der Waals surface area contributed by atoms with Gasteiger partial charge >= 0.3 is 0 Å². The molecular weight excluding hydrogens is 663 g/mol. The summed E-state index contributed by atoms with van der Waals surface area (Å²) in [5, 5.41) is 8.41. The number of thiophene rings is 1. The van der Waals surface area contributed by atoms with Crippen LogP contribution in [0.2, 0.25) is 0 Å². The molecular formula is C49H39N3S. The van der Waals surface area contributed by atoms with Crippen molar-refractivity contribution in [3.8, 4) is 0 Å². The summed E-state index contributed by atoms with van der Waals surface area (Å²) in [7, 11) is 0. The van der Waals surface area contributed by atoms with Crippen LogP contribution in [0.15, 0.2) is 157 Å². The van der Waals surface area contributed by atoms with E-state index in [-0.39, 0.29) is 5.92 Å². The molecule has 1 aliphatic carbocycles. The summed E-state index contributed by atoms with van der Waals surface area (Å²) in [4.78, 5) is 15.8. The summed E-state index contributed by atoms with van der Waals surface area (Å²) in [5.74, 6) is 0.0464. The van der Waals surface area contributed by atoms with Crippen molar-refractivity contribution in [3.63, 3.8) is 0 Å². The molecule has 4 heterocycles. The van der Waals surface area contributed by atoms with Crippen LogP contribution < -0.4 is 0 Å². The van der Waals surface area contributed by atoms with E-state index in [9.17, 15) is 0 Å². The van der Waals surface area contributed by atoms with Crippen LogP contribution in [0.3, 0.4) is 0 Å². The predicted molar refractivity (Wildman–Crippen MR) is 230 cm³/mol. The predicted octanol–water partition coefficient (Wildman–Crippen LogP) is 13.9. The lowest BCUT2D eigenvalue weighted by atomic mass is 9.94. The van der Waals surface area contributed by atoms with Crippen LogP contribution in [-0.2, 0) is 0 Å². The molecule has 0 saturated carbocycles. The number of hydrogen-bond donors (Lipinski definition) is 0. The Labute approximate surface area is 313 Å². The summed E-state index contributed by atoms with van der Waals surface area (Å²) in [6.07, 6.45) is 21.8. The molecule has 0 N–H and O–H groups in total. The van der Waals surface area contributed by atoms with E-state index in [0.717, 1.165) is 73.8 Å². The van der Waals surface area contributed by atoms with Crippen LogP contribution in [0.25, 0.3) is 74.8 Å². The summed E-state index contributed by atoms with van der Waals surface area (Å²) in [6.45, 7) is 6.45. The van der Waals surface area contributed by atoms with Crippen molar-refractivity contribution in [1.29, 1.82) is 0 Å². The Morgan fingerprint density at radius 3 is 2.30 bits per heavy atom. The van der Waals surface area contributed by atoms with Gasteiger partial charge in [-0.05, 0) is 62.1 Å². The zero-order valence-corrected chi connectivity index (χ0v) is 31.0. The maximum absolute atomic E-state index is 5.40. The van der Waals surface area contributed by atoms with Crippen molar-refractivity contribution >= 4 is 86.1 Å². The average Bonchev–Trinajstić information content (AvgIpc) is 3.59. The Hall–Kier alpha value is -5.97. The van der Waals surface area contributed by atoms with Gasteiger partial charge in [-0.15, -0.1) is 11.3 Å². The first-order valence-corrected chi connectivity index (χ1v) is 19.3. The highest BCUT2D eigenvalue weighted by atomic mass is 32.1. The lowest BCUT2D eigenvalue weighted by molar-refractivity contribution is 0.918. The summed E-state index contributed by atoms with van der Waals surface area (Å²) in [5.41, 5.74) is 9.32. The van der Waals surface area contributed by atoms with E-state index in [0.29, 0.717) is 0 Å². The van der Waals surface area contributed by atoms with Gasteiger partial charge in [-0.2, -0.15) is 0 Å². The number of hydrogen-bond acceptors (Lipinski definition) is 4. The fourth-order valence-corrected chi connectivity index (χ4v) is 8.82. The zero-order valence-electron chi connectivity index (χ0n) is 30.2. The van der Waals surface area contributed by atoms with Gasteiger partial charge in [0.1, 0.15) is 0 Å². The first kappa shape index (κ1) is 32.9. The smallest absolute Gasteiger partial charge is 0.0972 e. The van der Waals surface area contributed by atoms with Gasteiger partial charge < -0.3 is 0 Å². The third kappa shape index (κ3) is 5.99. The lowest BCUT2D eigenvalue weighted by Crippen LogP contribution is -1.98. The van der Waals surface area contributed by atoms with Crippen LogP contribution in [0.5, 0.6) is 0 Å². The molecule has 8 aromatic rings. The fourth-order valence-electron chi connectivity index (χ4n) is 7.56. The number of allylic oxidation sites excluding steroid dienone is 12. The molecule has 0 radical (unpaired) electrons. The average molecular weight is 702 g/mol. The van der Waals surface area contributed by atoms with Crippen molar-refractivity contribution in [2.75, 3.05) is 0 Å². The topological polar surface area (TPSA) is 38.7 Å². The molecule has 1 aliphatic rings. The Bertz CT molecular complexity index is 2930. The van der Waals surface area contributed by atoms with Gasteiger partial charge in [-0.25, -0.2) is 15.0 Å². The van der Waals surface area contributed by atoms with Crippen molar-refractivity contribution < 1.29 is 0 Å². The van der Waals surface area contributed by atoms with E-state index in [2.05, 4.69) is 166 Å². The van der Waals surface area contributed by atoms with Gasteiger partial charge in [0.25, 0.3) is 0 Å². The molecule has 1 atom stereocenters. The number of fused-ring (bicyclic) bond motifs is 10. The lowest BCUT2D eigenvalue weighted by Gasteiger charge is -2.14. The summed E-state index contributed by atoms with van der Waals surface area (Å²) in [6, 6.07) is 34.8. The van der Waals surface area contributed by atoms with Crippen LogP contribution in [-0.4, -0.2) is 15.0 Å². The second kappa shape index (κ2) is 13.9. The molecule has 4 heteroatoms. The van der Waals surface area contributed by atoms with E-state index in [1.165, 1.54) is 36.5 Å². The van der Waals surface area contributed by atoms with Gasteiger partial charge in [0, 0.05) is 64.3 Å². The molecule has 53 heavy (non-hydrogen) atoms. The second-order valence-electron chi connectivity index (χ2n) is 13.9. The summed E-state index contributed by atoms with van der Waals surface area (Å²) < 4.78 is 2.61. The second-order valence-corrected chi connectivity index (χ2v) is 14.9. The normalized spacial score (nSPS) is 15.0. The molecule has 9 rings (SSSR count). The minimum absolute atomic E-state index is 0.0464. The molecule has 0 saturated heterocycles. The van der Waals surface area contributed by atoms with Crippen LogP contribution in [0, 0.1) is 0 Å². The highest BCUT2D eigenvalue weighted by Crippen LogP contribution is 2.43. The van der Waals surface area contributed by atoms with E-state index in [4.69, 9.17) is 15.0 Å². The third-order valence-corrected chi connectivity index (χ3v) is 11.6. The molecule has 256 valence electrons. The molecule has 3 nitrogen and oxygen atoms in total. The maximum Gasteiger partial charge on any atom is 0.0972 e. The Kier molecular flexibility index (Phi) is 8.61. The number of pyridine rings is 3. The van der Waals surface area contributed by atoms with Crippen LogP contribution in [0.4, 0.5) is 0 Å². The minimum atomic E-state index is 0.0464. The van der Waals surface area contributed by atoms with Gasteiger partial charge in [-0.1, -0.05) is 134 Å². The molecule has 0 fully saturated rings. The van der Waals surface area contributed by atoms with Gasteiger partial charge in [0.15, 0.2) is 0 Å². The van der Waals surface area contributed by atoms with Crippen molar-refractivity contribution in [2.24, 2.45) is 0 Å². The van der Waals surface area contributed by atoms with Gasteiger partial charge in [0.05, 0.1) is 27.9 Å². The fraction of sp³-hybridized carbons (Fsp3) is 0.122. The molecule has 0 aliphatic heterocycles. The largest absolute Gasteiger partial charge is 0.250 e. The Balaban J connectivity index is 1.19. The first-order chi connectivity index (χ1) is 26.1. The molecule has 0 bridgehead atoms. The monoisotopic (exact) mass is 701 g/mol. The molecule has 4 aromatic carbocycles. The Morgan fingerprint density at radius 1 is 0.717 bits per heavy atom. The number of aromatic nitrogens is 3. The maximum atomic E-state index is 5.40. The molecule has 0 amide bonds. The number of rotatable bonds is 7. The highest BCUT2D eigenvalue weighted by molar-refractivity contribution is 7.26. The Morgan fingerprint density at radius 2 is 1.47 bits per heavy atom. The van der Waals surface area contributed by atoms with Crippen molar-refractivity contribution in [3.05, 3.63) is 174 Å². The number of nitrogens with zero attached hydrogens (tertiary/aromatic N) is 3. The molecule has 1 unspecified atom stereocenters. The van der Waals surface area contributed by atoms with E-state index in [1.807, 2.05) is 18.3 Å². The minimum Gasteiger partial charge on any atom is -0.250 e. The van der Waals surface area contributed by atoms with Crippen molar-refractivity contribution in [2.45, 2.75) is 39.5 Å². The molecule has 0 spiro atoms. The van der Waals surface area contributed by atoms with E-state index in [1.54, 1.807) is 0 Å². The van der Waals surface area contributed by atoms with E-state index >= 15 is 0 Å². The van der Waals surface area contributed by atoms with Crippen LogP contribution >= 0.6 is 11.3 Å². The quantitative estimate of drug-likeness (QED) is 0.123. The first-order valence-electron chi connectivity index (χ1n) is 18.5. The van der Waals surface area contributed by atoms with Gasteiger partial charge in [0.2, 0.25) is 0 Å². The number of para-hydroxylation sites is 1. The molecule has 4 aromatic heterocycles. The highest BCUT2D eigenvalue weighted by Gasteiger charge is 2.18. The van der Waals surface area contributed by atoms with E-state index < -0.39 is 0 Å². The SMILES string of the molecule is C\C=C/C=C\C(C)=C(\C=C/C(C)c1ccc2ccc3ccc(C4=CCCC=C4)nc3c2n1)c1nc2ccccc2c2c1ccc1c3ccccc3sc12.